The average molecular weight is 401 g/mol. The van der Waals surface area contributed by atoms with Gasteiger partial charge in [-0.3, -0.25) is 9.78 Å². The molecule has 0 bridgehead atoms. The number of fused-ring (bicyclic) bond motifs is 1. The van der Waals surface area contributed by atoms with Crippen molar-refractivity contribution >= 4 is 40.0 Å². The largest absolute Gasteiger partial charge is 0.364 e. The highest BCUT2D eigenvalue weighted by Crippen LogP contribution is 2.29. The van der Waals surface area contributed by atoms with Gasteiger partial charge in [-0.2, -0.15) is 0 Å². The Labute approximate surface area is 166 Å². The topological polar surface area (TPSA) is 88.3 Å². The third-order valence-electron chi connectivity index (χ3n) is 4.58. The highest BCUT2D eigenvalue weighted by Gasteiger charge is 2.21. The van der Waals surface area contributed by atoms with E-state index in [1.54, 1.807) is 25.4 Å². The number of urea groups is 1. The van der Waals surface area contributed by atoms with Gasteiger partial charge >= 0.3 is 6.03 Å². The Hall–Kier alpha value is -3.19. The van der Waals surface area contributed by atoms with E-state index in [1.165, 1.54) is 23.1 Å². The lowest BCUT2D eigenvalue weighted by Gasteiger charge is -2.26. The Morgan fingerprint density at radius 2 is 1.89 bits per heavy atom. The lowest BCUT2D eigenvalue weighted by Crippen LogP contribution is -2.33. The van der Waals surface area contributed by atoms with E-state index in [-0.39, 0.29) is 16.8 Å². The molecule has 3 N–H and O–H groups in total. The van der Waals surface area contributed by atoms with Gasteiger partial charge in [-0.15, -0.1) is 0 Å². The van der Waals surface area contributed by atoms with Crippen LogP contribution in [0.25, 0.3) is 10.8 Å². The molecule has 3 rings (SSSR count). The van der Waals surface area contributed by atoms with Crippen LogP contribution >= 0.6 is 11.6 Å². The van der Waals surface area contributed by atoms with E-state index in [0.29, 0.717) is 11.1 Å². The molecule has 0 saturated heterocycles. The van der Waals surface area contributed by atoms with Crippen LogP contribution in [0.2, 0.25) is 5.02 Å². The molecule has 0 spiro atoms. The van der Waals surface area contributed by atoms with Crippen molar-refractivity contribution in [1.82, 2.24) is 9.88 Å². The van der Waals surface area contributed by atoms with Gasteiger partial charge in [0.05, 0.1) is 11.1 Å². The first-order valence-electron chi connectivity index (χ1n) is 8.46. The zero-order valence-electron chi connectivity index (χ0n) is 15.2. The van der Waals surface area contributed by atoms with Crippen LogP contribution in [0, 0.1) is 5.82 Å². The molecule has 0 saturated carbocycles. The summed E-state index contributed by atoms with van der Waals surface area (Å²) in [6, 6.07) is 10.4. The maximum Gasteiger partial charge on any atom is 0.322 e. The molecule has 3 aromatic rings. The van der Waals surface area contributed by atoms with Gasteiger partial charge in [0.2, 0.25) is 0 Å². The summed E-state index contributed by atoms with van der Waals surface area (Å²) in [6.07, 6.45) is 1.55. The average Bonchev–Trinajstić information content (AvgIpc) is 2.68. The maximum atomic E-state index is 13.3. The number of nitrogens with zero attached hydrogens (tertiary/aromatic N) is 2. The molecule has 0 aliphatic carbocycles. The van der Waals surface area contributed by atoms with E-state index in [9.17, 15) is 14.0 Å². The quantitative estimate of drug-likeness (QED) is 0.682. The second-order valence-corrected chi connectivity index (χ2v) is 6.73. The van der Waals surface area contributed by atoms with Crippen LogP contribution in [-0.4, -0.2) is 28.9 Å². The number of aromatic nitrogens is 1. The number of carbonyl (C=O) groups excluding carboxylic acids is 2. The lowest BCUT2D eigenvalue weighted by atomic mass is 9.99. The predicted molar refractivity (Wildman–Crippen MR) is 107 cm³/mol. The first kappa shape index (κ1) is 19.6. The molecule has 1 aromatic heterocycles. The minimum absolute atomic E-state index is 0.0780. The molecule has 1 heterocycles. The lowest BCUT2D eigenvalue weighted by molar-refractivity contribution is 0.0997. The Kier molecular flexibility index (Phi) is 5.46. The highest BCUT2D eigenvalue weighted by atomic mass is 35.5. The van der Waals surface area contributed by atoms with E-state index in [2.05, 4.69) is 10.3 Å². The molecule has 1 atom stereocenters. The molecule has 0 fully saturated rings. The minimum atomic E-state index is -0.616. The first-order valence-corrected chi connectivity index (χ1v) is 8.83. The van der Waals surface area contributed by atoms with Gasteiger partial charge in [-0.1, -0.05) is 35.9 Å². The number of hydrogen-bond acceptors (Lipinski definition) is 3. The van der Waals surface area contributed by atoms with E-state index >= 15 is 0 Å². The van der Waals surface area contributed by atoms with Gasteiger partial charge in [0, 0.05) is 29.9 Å². The van der Waals surface area contributed by atoms with E-state index in [0.717, 1.165) is 10.9 Å². The number of amides is 3. The SMILES string of the molecule is CC(c1cnc(C(N)=O)c2ccccc12)N(C)C(=O)Nc1ccc(F)c(Cl)c1. The van der Waals surface area contributed by atoms with Gasteiger partial charge in [0.1, 0.15) is 11.5 Å². The number of hydrogen-bond donors (Lipinski definition) is 2. The standard InChI is InChI=1S/C20H18ClFN4O2/c1-11(26(2)20(28)25-12-7-8-17(22)16(21)9-12)15-10-24-18(19(23)27)14-6-4-3-5-13(14)15/h3-11H,1-2H3,(H2,23,27)(H,25,28). The van der Waals surface area contributed by atoms with Gasteiger partial charge < -0.3 is 16.0 Å². The summed E-state index contributed by atoms with van der Waals surface area (Å²) in [5.74, 6) is -1.18. The maximum absolute atomic E-state index is 13.3. The Bertz CT molecular complexity index is 1070. The fraction of sp³-hybridized carbons (Fsp3) is 0.150. The number of nitrogens with one attached hydrogen (secondary N) is 1. The predicted octanol–water partition coefficient (Wildman–Crippen LogP) is 4.35. The van der Waals surface area contributed by atoms with Crippen LogP contribution in [0.4, 0.5) is 14.9 Å². The monoisotopic (exact) mass is 400 g/mol. The molecule has 0 radical (unpaired) electrons. The summed E-state index contributed by atoms with van der Waals surface area (Å²) >= 11 is 5.76. The van der Waals surface area contributed by atoms with Gasteiger partial charge in [0.15, 0.2) is 0 Å². The Balaban J connectivity index is 1.89. The van der Waals surface area contributed by atoms with Crippen LogP contribution in [0.15, 0.2) is 48.7 Å². The molecule has 3 amide bonds. The van der Waals surface area contributed by atoms with Crippen LogP contribution in [-0.2, 0) is 0 Å². The fourth-order valence-electron chi connectivity index (χ4n) is 2.91. The molecular formula is C20H18ClFN4O2. The van der Waals surface area contributed by atoms with Crippen molar-refractivity contribution in [3.63, 3.8) is 0 Å². The van der Waals surface area contributed by atoms with Crippen LogP contribution in [0.5, 0.6) is 0 Å². The van der Waals surface area contributed by atoms with E-state index in [1.807, 2.05) is 19.1 Å². The molecule has 1 unspecified atom stereocenters. The molecule has 2 aromatic carbocycles. The van der Waals surface area contributed by atoms with Crippen LogP contribution in [0.1, 0.15) is 29.0 Å². The van der Waals surface area contributed by atoms with Crippen molar-refractivity contribution in [1.29, 1.82) is 0 Å². The molecule has 8 heteroatoms. The number of benzene rings is 2. The highest BCUT2D eigenvalue weighted by molar-refractivity contribution is 6.31. The summed E-state index contributed by atoms with van der Waals surface area (Å²) in [7, 11) is 1.63. The molecule has 0 aliphatic heterocycles. The Morgan fingerprint density at radius 3 is 2.54 bits per heavy atom. The molecule has 28 heavy (non-hydrogen) atoms. The number of primary amides is 1. The third kappa shape index (κ3) is 3.75. The molecule has 6 nitrogen and oxygen atoms in total. The zero-order valence-corrected chi connectivity index (χ0v) is 16.0. The van der Waals surface area contributed by atoms with Crippen molar-refractivity contribution in [2.45, 2.75) is 13.0 Å². The smallest absolute Gasteiger partial charge is 0.322 e. The van der Waals surface area contributed by atoms with Crippen molar-refractivity contribution < 1.29 is 14.0 Å². The van der Waals surface area contributed by atoms with Gasteiger partial charge in [-0.25, -0.2) is 9.18 Å². The van der Waals surface area contributed by atoms with Gasteiger partial charge in [0.25, 0.3) is 5.91 Å². The molecule has 0 aliphatic rings. The summed E-state index contributed by atoms with van der Waals surface area (Å²) in [6.45, 7) is 1.84. The molecule has 144 valence electrons. The minimum Gasteiger partial charge on any atom is -0.364 e. The van der Waals surface area contributed by atoms with Crippen LogP contribution < -0.4 is 11.1 Å². The van der Waals surface area contributed by atoms with Crippen LogP contribution in [0.3, 0.4) is 0 Å². The second kappa shape index (κ2) is 7.82. The van der Waals surface area contributed by atoms with Crippen molar-refractivity contribution in [2.24, 2.45) is 5.73 Å². The Morgan fingerprint density at radius 1 is 1.21 bits per heavy atom. The summed E-state index contributed by atoms with van der Waals surface area (Å²) < 4.78 is 13.3. The van der Waals surface area contributed by atoms with E-state index in [4.69, 9.17) is 17.3 Å². The number of halogens is 2. The fourth-order valence-corrected chi connectivity index (χ4v) is 3.09. The third-order valence-corrected chi connectivity index (χ3v) is 4.87. The number of nitrogens with two attached hydrogens (primary N) is 1. The van der Waals surface area contributed by atoms with Crippen molar-refractivity contribution in [3.05, 3.63) is 70.8 Å². The summed E-state index contributed by atoms with van der Waals surface area (Å²) in [5.41, 5.74) is 6.73. The zero-order chi connectivity index (χ0) is 20.4. The normalized spacial score (nSPS) is 11.9. The summed E-state index contributed by atoms with van der Waals surface area (Å²) in [5, 5.41) is 4.01. The van der Waals surface area contributed by atoms with E-state index < -0.39 is 17.8 Å². The van der Waals surface area contributed by atoms with Crippen molar-refractivity contribution in [2.75, 3.05) is 12.4 Å². The first-order chi connectivity index (χ1) is 13.3. The number of carbonyl (C=O) groups is 2. The van der Waals surface area contributed by atoms with Gasteiger partial charge in [-0.05, 0) is 30.5 Å². The number of anilines is 1. The van der Waals surface area contributed by atoms with Crippen molar-refractivity contribution in [3.8, 4) is 0 Å². The summed E-state index contributed by atoms with van der Waals surface area (Å²) in [4.78, 5) is 29.9. The second-order valence-electron chi connectivity index (χ2n) is 6.32. The number of rotatable bonds is 4. The number of pyridine rings is 1. The molecular weight excluding hydrogens is 383 g/mol.